The van der Waals surface area contributed by atoms with Crippen molar-refractivity contribution in [3.05, 3.63) is 95.0 Å². The average molecular weight is 451 g/mol. The molecule has 3 aromatic carbocycles. The van der Waals surface area contributed by atoms with Crippen molar-refractivity contribution >= 4 is 23.1 Å². The Balaban J connectivity index is 1.21. The topological polar surface area (TPSA) is 53.0 Å². The molecule has 0 spiro atoms. The van der Waals surface area contributed by atoms with E-state index in [1.165, 1.54) is 5.69 Å². The minimum absolute atomic E-state index is 0.0186. The highest BCUT2D eigenvalue weighted by molar-refractivity contribution is 6.30. The molecule has 5 nitrogen and oxygen atoms in total. The van der Waals surface area contributed by atoms with Gasteiger partial charge in [-0.2, -0.15) is 0 Å². The molecule has 1 fully saturated rings. The first-order chi connectivity index (χ1) is 15.6. The molecule has 1 atom stereocenters. The summed E-state index contributed by atoms with van der Waals surface area (Å²) < 4.78 is 5.74. The number of aliphatic hydroxyl groups is 1. The average Bonchev–Trinajstić information content (AvgIpc) is 2.84. The third-order valence-corrected chi connectivity index (χ3v) is 5.88. The Hall–Kier alpha value is -2.86. The number of halogens is 1. The number of carbonyl (C=O) groups excluding carboxylic acids is 1. The Bertz CT molecular complexity index is 1000. The van der Waals surface area contributed by atoms with Crippen LogP contribution >= 0.6 is 11.6 Å². The van der Waals surface area contributed by atoms with Crippen LogP contribution in [0.25, 0.3) is 0 Å². The fourth-order valence-corrected chi connectivity index (χ4v) is 3.97. The van der Waals surface area contributed by atoms with Crippen molar-refractivity contribution in [3.63, 3.8) is 0 Å². The zero-order valence-corrected chi connectivity index (χ0v) is 18.6. The fraction of sp³-hybridized carbons (Fsp3) is 0.269. The van der Waals surface area contributed by atoms with E-state index in [2.05, 4.69) is 9.80 Å². The molecule has 1 N–H and O–H groups in total. The van der Waals surface area contributed by atoms with E-state index in [1.54, 1.807) is 36.4 Å². The van der Waals surface area contributed by atoms with Crippen molar-refractivity contribution in [2.24, 2.45) is 0 Å². The van der Waals surface area contributed by atoms with Crippen LogP contribution in [0.4, 0.5) is 5.69 Å². The molecule has 166 valence electrons. The second kappa shape index (κ2) is 10.6. The first-order valence-electron chi connectivity index (χ1n) is 10.8. The minimum atomic E-state index is -0.581. The van der Waals surface area contributed by atoms with Gasteiger partial charge in [-0.25, -0.2) is 0 Å². The quantitative estimate of drug-likeness (QED) is 0.523. The molecule has 1 aliphatic heterocycles. The zero-order chi connectivity index (χ0) is 22.3. The second-order valence-electron chi connectivity index (χ2n) is 7.95. The number of anilines is 1. The first kappa shape index (κ1) is 22.3. The summed E-state index contributed by atoms with van der Waals surface area (Å²) in [6, 6.07) is 24.2. The number of carbonyl (C=O) groups is 1. The van der Waals surface area contributed by atoms with Crippen molar-refractivity contribution in [2.75, 3.05) is 44.2 Å². The van der Waals surface area contributed by atoms with Crippen LogP contribution in [0.15, 0.2) is 78.9 Å². The summed E-state index contributed by atoms with van der Waals surface area (Å²) in [5.41, 5.74) is 2.45. The van der Waals surface area contributed by atoms with Gasteiger partial charge < -0.3 is 14.7 Å². The van der Waals surface area contributed by atoms with E-state index >= 15 is 0 Å². The second-order valence-corrected chi connectivity index (χ2v) is 8.38. The number of aliphatic hydroxyl groups excluding tert-OH is 1. The molecule has 0 aromatic heterocycles. The molecular formula is C26H27ClN2O3. The van der Waals surface area contributed by atoms with Gasteiger partial charge in [-0.15, -0.1) is 0 Å². The minimum Gasteiger partial charge on any atom is -0.491 e. The number of ether oxygens (including phenoxy) is 1. The predicted octanol–water partition coefficient (Wildman–Crippen LogP) is 4.13. The van der Waals surface area contributed by atoms with Gasteiger partial charge in [-0.05, 0) is 48.5 Å². The Kier molecular flexibility index (Phi) is 7.43. The van der Waals surface area contributed by atoms with E-state index in [9.17, 15) is 9.90 Å². The highest BCUT2D eigenvalue weighted by Crippen LogP contribution is 2.20. The van der Waals surface area contributed by atoms with Crippen molar-refractivity contribution < 1.29 is 14.6 Å². The Morgan fingerprint density at radius 3 is 2.16 bits per heavy atom. The lowest BCUT2D eigenvalue weighted by atomic mass is 10.0. The molecule has 1 heterocycles. The molecule has 1 saturated heterocycles. The molecule has 0 radical (unpaired) electrons. The highest BCUT2D eigenvalue weighted by atomic mass is 35.5. The maximum atomic E-state index is 12.5. The molecule has 6 heteroatoms. The summed E-state index contributed by atoms with van der Waals surface area (Å²) in [6.07, 6.45) is -0.581. The number of piperazine rings is 1. The van der Waals surface area contributed by atoms with Gasteiger partial charge in [0.05, 0.1) is 0 Å². The molecule has 0 bridgehead atoms. The molecule has 0 amide bonds. The number of hydrogen-bond donors (Lipinski definition) is 1. The lowest BCUT2D eigenvalue weighted by Crippen LogP contribution is -2.49. The molecule has 0 aliphatic carbocycles. The molecule has 0 saturated carbocycles. The summed E-state index contributed by atoms with van der Waals surface area (Å²) in [5, 5.41) is 11.2. The van der Waals surface area contributed by atoms with Gasteiger partial charge in [0.15, 0.2) is 5.78 Å². The van der Waals surface area contributed by atoms with Gasteiger partial charge in [0, 0.05) is 54.6 Å². The maximum absolute atomic E-state index is 12.5. The van der Waals surface area contributed by atoms with E-state index in [1.807, 2.05) is 42.5 Å². The third-order valence-electron chi connectivity index (χ3n) is 5.63. The van der Waals surface area contributed by atoms with Gasteiger partial charge in [-0.3, -0.25) is 9.69 Å². The SMILES string of the molecule is O=C(c1ccccc1)c1ccc(OCC(O)CN2CCN(c3ccc(Cl)cc3)CC2)cc1. The van der Waals surface area contributed by atoms with Crippen LogP contribution in [-0.4, -0.2) is 61.2 Å². The van der Waals surface area contributed by atoms with Crippen molar-refractivity contribution in [1.29, 1.82) is 0 Å². The lowest BCUT2D eigenvalue weighted by Gasteiger charge is -2.36. The van der Waals surface area contributed by atoms with E-state index < -0.39 is 6.10 Å². The number of nitrogens with zero attached hydrogens (tertiary/aromatic N) is 2. The third kappa shape index (κ3) is 5.88. The van der Waals surface area contributed by atoms with Crippen LogP contribution in [-0.2, 0) is 0 Å². The highest BCUT2D eigenvalue weighted by Gasteiger charge is 2.20. The van der Waals surface area contributed by atoms with Crippen LogP contribution in [0.1, 0.15) is 15.9 Å². The molecule has 4 rings (SSSR count). The van der Waals surface area contributed by atoms with E-state index in [4.69, 9.17) is 16.3 Å². The number of ketones is 1. The van der Waals surface area contributed by atoms with Crippen LogP contribution in [0.5, 0.6) is 5.75 Å². The fourth-order valence-electron chi connectivity index (χ4n) is 3.84. The number of benzene rings is 3. The maximum Gasteiger partial charge on any atom is 0.193 e. The predicted molar refractivity (Wildman–Crippen MR) is 128 cm³/mol. The van der Waals surface area contributed by atoms with Gasteiger partial charge in [0.2, 0.25) is 0 Å². The summed E-state index contributed by atoms with van der Waals surface area (Å²) >= 11 is 5.97. The summed E-state index contributed by atoms with van der Waals surface area (Å²) in [7, 11) is 0. The molecule has 1 unspecified atom stereocenters. The normalized spacial score (nSPS) is 15.4. The van der Waals surface area contributed by atoms with Gasteiger partial charge in [0.25, 0.3) is 0 Å². The van der Waals surface area contributed by atoms with Gasteiger partial charge >= 0.3 is 0 Å². The van der Waals surface area contributed by atoms with E-state index in [-0.39, 0.29) is 12.4 Å². The molecule has 3 aromatic rings. The van der Waals surface area contributed by atoms with Crippen molar-refractivity contribution in [3.8, 4) is 5.75 Å². The first-order valence-corrected chi connectivity index (χ1v) is 11.2. The van der Waals surface area contributed by atoms with Crippen molar-refractivity contribution in [2.45, 2.75) is 6.10 Å². The Morgan fingerprint density at radius 2 is 1.50 bits per heavy atom. The van der Waals surface area contributed by atoms with E-state index in [0.29, 0.717) is 23.4 Å². The molecular weight excluding hydrogens is 424 g/mol. The number of β-amino-alcohol motifs (C(OH)–C–C–N with tert-alkyl or cyclic N) is 1. The Labute approximate surface area is 193 Å². The smallest absolute Gasteiger partial charge is 0.193 e. The number of rotatable bonds is 8. The lowest BCUT2D eigenvalue weighted by molar-refractivity contribution is 0.0663. The number of hydrogen-bond acceptors (Lipinski definition) is 5. The summed E-state index contributed by atoms with van der Waals surface area (Å²) in [4.78, 5) is 17.1. The zero-order valence-electron chi connectivity index (χ0n) is 17.9. The van der Waals surface area contributed by atoms with Crippen LogP contribution in [0, 0.1) is 0 Å². The summed E-state index contributed by atoms with van der Waals surface area (Å²) in [5.74, 6) is 0.621. The monoisotopic (exact) mass is 450 g/mol. The van der Waals surface area contributed by atoms with Gasteiger partial charge in [0.1, 0.15) is 18.5 Å². The Morgan fingerprint density at radius 1 is 0.875 bits per heavy atom. The summed E-state index contributed by atoms with van der Waals surface area (Å²) in [6.45, 7) is 4.37. The van der Waals surface area contributed by atoms with Crippen LogP contribution in [0.3, 0.4) is 0 Å². The van der Waals surface area contributed by atoms with E-state index in [0.717, 1.165) is 31.2 Å². The van der Waals surface area contributed by atoms with Crippen molar-refractivity contribution in [1.82, 2.24) is 4.90 Å². The van der Waals surface area contributed by atoms with Gasteiger partial charge in [-0.1, -0.05) is 41.9 Å². The largest absolute Gasteiger partial charge is 0.491 e. The van der Waals surface area contributed by atoms with Crippen LogP contribution in [0.2, 0.25) is 5.02 Å². The molecule has 1 aliphatic rings. The molecule has 32 heavy (non-hydrogen) atoms. The van der Waals surface area contributed by atoms with Crippen LogP contribution < -0.4 is 9.64 Å². The standard InChI is InChI=1S/C26H27ClN2O3/c27-22-8-10-23(11-9-22)29-16-14-28(15-17-29)18-24(30)19-32-25-12-6-21(7-13-25)26(31)20-4-2-1-3-5-20/h1-13,24,30H,14-19H2.